The van der Waals surface area contributed by atoms with Gasteiger partial charge in [0.25, 0.3) is 0 Å². The molecule has 1 amide bonds. The molecular formula is C19H15ClF2N4O2S. The first-order chi connectivity index (χ1) is 14.0. The maximum atomic E-state index is 14.5. The second-order valence-electron chi connectivity index (χ2n) is 6.40. The van der Waals surface area contributed by atoms with Crippen molar-refractivity contribution in [2.24, 2.45) is 0 Å². The summed E-state index contributed by atoms with van der Waals surface area (Å²) in [5.74, 6) is -2.59. The van der Waals surface area contributed by atoms with E-state index in [0.29, 0.717) is 15.2 Å². The second-order valence-corrected chi connectivity index (χ2v) is 7.81. The van der Waals surface area contributed by atoms with Crippen LogP contribution in [-0.4, -0.2) is 35.8 Å². The zero-order valence-corrected chi connectivity index (χ0v) is 16.7. The van der Waals surface area contributed by atoms with Crippen LogP contribution in [0.4, 0.5) is 13.9 Å². The van der Waals surface area contributed by atoms with Crippen LogP contribution in [0.3, 0.4) is 0 Å². The predicted octanol–water partition coefficient (Wildman–Crippen LogP) is 3.84. The molecule has 3 aromatic rings. The fraction of sp³-hybridized carbons (Fsp3) is 0.211. The Balaban J connectivity index is 1.59. The van der Waals surface area contributed by atoms with E-state index in [0.717, 1.165) is 17.7 Å². The quantitative estimate of drug-likeness (QED) is 0.635. The molecule has 0 bridgehead atoms. The van der Waals surface area contributed by atoms with E-state index in [1.165, 1.54) is 18.4 Å². The van der Waals surface area contributed by atoms with Gasteiger partial charge in [0.05, 0.1) is 7.11 Å². The second kappa shape index (κ2) is 7.92. The highest BCUT2D eigenvalue weighted by molar-refractivity contribution is 7.18. The topological polar surface area (TPSA) is 76.1 Å². The van der Waals surface area contributed by atoms with Crippen LogP contribution in [0, 0.1) is 11.6 Å². The number of ether oxygens (including phenoxy) is 1. The molecule has 1 saturated heterocycles. The van der Waals surface area contributed by atoms with E-state index in [1.54, 1.807) is 24.3 Å². The van der Waals surface area contributed by atoms with Gasteiger partial charge in [0.2, 0.25) is 11.0 Å². The molecule has 6 nitrogen and oxygen atoms in total. The lowest BCUT2D eigenvalue weighted by atomic mass is 9.93. The van der Waals surface area contributed by atoms with Crippen molar-refractivity contribution in [2.45, 2.75) is 12.0 Å². The number of anilines is 1. The first-order valence-electron chi connectivity index (χ1n) is 8.63. The summed E-state index contributed by atoms with van der Waals surface area (Å²) < 4.78 is 33.9. The van der Waals surface area contributed by atoms with Crippen LogP contribution in [0.5, 0.6) is 5.75 Å². The number of nitrogens with zero attached hydrogens (tertiary/aromatic N) is 2. The minimum Gasteiger partial charge on any atom is -0.497 e. The SMILES string of the molecule is COc1cc(F)c([C@@H]2CNC(=O)[C@H]2Nc2nnc(-c3ccc(Cl)cc3)s2)c(F)c1. The minimum atomic E-state index is -0.890. The number of methoxy groups -OCH3 is 1. The Morgan fingerprint density at radius 3 is 2.55 bits per heavy atom. The highest BCUT2D eigenvalue weighted by Gasteiger charge is 2.39. The molecule has 2 atom stereocenters. The van der Waals surface area contributed by atoms with Gasteiger partial charge in [-0.25, -0.2) is 8.78 Å². The van der Waals surface area contributed by atoms with Crippen molar-refractivity contribution in [1.82, 2.24) is 15.5 Å². The molecule has 1 aliphatic heterocycles. The van der Waals surface area contributed by atoms with Crippen LogP contribution in [0.1, 0.15) is 11.5 Å². The van der Waals surface area contributed by atoms with Gasteiger partial charge in [0, 0.05) is 40.7 Å². The summed E-state index contributed by atoms with van der Waals surface area (Å²) in [7, 11) is 1.33. The lowest BCUT2D eigenvalue weighted by molar-refractivity contribution is -0.119. The molecule has 29 heavy (non-hydrogen) atoms. The summed E-state index contributed by atoms with van der Waals surface area (Å²) in [6.07, 6.45) is 0. The van der Waals surface area contributed by atoms with Crippen molar-refractivity contribution in [2.75, 3.05) is 19.0 Å². The van der Waals surface area contributed by atoms with Gasteiger partial charge in [-0.2, -0.15) is 0 Å². The van der Waals surface area contributed by atoms with Gasteiger partial charge in [0.15, 0.2) is 0 Å². The third kappa shape index (κ3) is 3.88. The number of amides is 1. The highest BCUT2D eigenvalue weighted by Crippen LogP contribution is 2.34. The largest absolute Gasteiger partial charge is 0.497 e. The maximum Gasteiger partial charge on any atom is 0.243 e. The Hall–Kier alpha value is -2.78. The van der Waals surface area contributed by atoms with E-state index < -0.39 is 23.6 Å². The third-order valence-electron chi connectivity index (χ3n) is 4.64. The number of rotatable bonds is 5. The summed E-state index contributed by atoms with van der Waals surface area (Å²) in [6.45, 7) is 0.0967. The van der Waals surface area contributed by atoms with E-state index in [4.69, 9.17) is 16.3 Å². The average Bonchev–Trinajstić information content (AvgIpc) is 3.30. The molecular weight excluding hydrogens is 422 g/mol. The summed E-state index contributed by atoms with van der Waals surface area (Å²) in [4.78, 5) is 12.3. The van der Waals surface area contributed by atoms with Gasteiger partial charge in [-0.05, 0) is 12.1 Å². The van der Waals surface area contributed by atoms with Gasteiger partial charge < -0.3 is 15.4 Å². The normalized spacial score (nSPS) is 18.6. The van der Waals surface area contributed by atoms with Crippen molar-refractivity contribution < 1.29 is 18.3 Å². The standard InChI is InChI=1S/C19H15ClF2N4O2S/c1-28-11-6-13(21)15(14(22)7-11)12-8-23-17(27)16(12)24-19-26-25-18(29-19)9-2-4-10(20)5-3-9/h2-7,12,16H,8H2,1H3,(H,23,27)(H,24,26)/t12-,16-/m0/s1. The summed E-state index contributed by atoms with van der Waals surface area (Å²) in [5.41, 5.74) is 0.642. The number of hydrogen-bond donors (Lipinski definition) is 2. The van der Waals surface area contributed by atoms with Gasteiger partial charge in [-0.1, -0.05) is 35.1 Å². The molecule has 10 heteroatoms. The maximum absolute atomic E-state index is 14.5. The van der Waals surface area contributed by atoms with E-state index in [2.05, 4.69) is 20.8 Å². The molecule has 2 N–H and O–H groups in total. The monoisotopic (exact) mass is 436 g/mol. The fourth-order valence-corrected chi connectivity index (χ4v) is 4.13. The lowest BCUT2D eigenvalue weighted by Gasteiger charge is -2.19. The molecule has 0 unspecified atom stereocenters. The Bertz CT molecular complexity index is 1040. The van der Waals surface area contributed by atoms with Crippen LogP contribution in [0.15, 0.2) is 36.4 Å². The van der Waals surface area contributed by atoms with Gasteiger partial charge >= 0.3 is 0 Å². The Morgan fingerprint density at radius 1 is 1.21 bits per heavy atom. The number of carbonyl (C=O) groups is 1. The predicted molar refractivity (Wildman–Crippen MR) is 106 cm³/mol. The number of benzene rings is 2. The van der Waals surface area contributed by atoms with Crippen molar-refractivity contribution in [1.29, 1.82) is 0 Å². The number of hydrogen-bond acceptors (Lipinski definition) is 6. The lowest BCUT2D eigenvalue weighted by Crippen LogP contribution is -2.33. The average molecular weight is 437 g/mol. The number of aromatic nitrogens is 2. The van der Waals surface area contributed by atoms with E-state index in [1.807, 2.05) is 0 Å². The van der Waals surface area contributed by atoms with Crippen molar-refractivity contribution in [3.05, 3.63) is 58.6 Å². The zero-order valence-electron chi connectivity index (χ0n) is 15.1. The smallest absolute Gasteiger partial charge is 0.243 e. The Kier molecular flexibility index (Phi) is 5.33. The van der Waals surface area contributed by atoms with E-state index in [9.17, 15) is 13.6 Å². The summed E-state index contributed by atoms with van der Waals surface area (Å²) >= 11 is 7.12. The van der Waals surface area contributed by atoms with Crippen LogP contribution >= 0.6 is 22.9 Å². The number of nitrogens with one attached hydrogen (secondary N) is 2. The molecule has 4 rings (SSSR count). The third-order valence-corrected chi connectivity index (χ3v) is 5.79. The minimum absolute atomic E-state index is 0.0715. The summed E-state index contributed by atoms with van der Waals surface area (Å²) in [6, 6.07) is 8.39. The zero-order chi connectivity index (χ0) is 20.5. The molecule has 1 fully saturated rings. The van der Waals surface area contributed by atoms with Gasteiger partial charge in [-0.15, -0.1) is 10.2 Å². The molecule has 0 spiro atoms. The first-order valence-corrected chi connectivity index (χ1v) is 9.82. The fourth-order valence-electron chi connectivity index (χ4n) is 3.21. The molecule has 0 radical (unpaired) electrons. The van der Waals surface area contributed by atoms with Crippen LogP contribution in [0.25, 0.3) is 10.6 Å². The molecule has 2 aromatic carbocycles. The van der Waals surface area contributed by atoms with Crippen LogP contribution in [0.2, 0.25) is 5.02 Å². The molecule has 1 aliphatic rings. The van der Waals surface area contributed by atoms with E-state index in [-0.39, 0.29) is 23.8 Å². The van der Waals surface area contributed by atoms with Crippen molar-refractivity contribution in [3.63, 3.8) is 0 Å². The molecule has 150 valence electrons. The Labute approximate surface area is 173 Å². The van der Waals surface area contributed by atoms with Crippen LogP contribution < -0.4 is 15.4 Å². The highest BCUT2D eigenvalue weighted by atomic mass is 35.5. The number of halogens is 3. The molecule has 1 aromatic heterocycles. The number of carbonyl (C=O) groups excluding carboxylic acids is 1. The van der Waals surface area contributed by atoms with Crippen LogP contribution in [-0.2, 0) is 4.79 Å². The van der Waals surface area contributed by atoms with E-state index >= 15 is 0 Å². The first kappa shape index (κ1) is 19.5. The van der Waals surface area contributed by atoms with Crippen molar-refractivity contribution >= 4 is 34.0 Å². The molecule has 0 aliphatic carbocycles. The van der Waals surface area contributed by atoms with Gasteiger partial charge in [0.1, 0.15) is 28.4 Å². The molecule has 2 heterocycles. The van der Waals surface area contributed by atoms with Crippen molar-refractivity contribution in [3.8, 4) is 16.3 Å². The Morgan fingerprint density at radius 2 is 1.90 bits per heavy atom. The summed E-state index contributed by atoms with van der Waals surface area (Å²) in [5, 5.41) is 15.4. The van der Waals surface area contributed by atoms with Gasteiger partial charge in [-0.3, -0.25) is 4.79 Å². The molecule has 0 saturated carbocycles.